The summed E-state index contributed by atoms with van der Waals surface area (Å²) in [5.41, 5.74) is 5.36. The van der Waals surface area contributed by atoms with Gasteiger partial charge in [-0.2, -0.15) is 0 Å². The van der Waals surface area contributed by atoms with Gasteiger partial charge in [0.05, 0.1) is 6.10 Å². The van der Waals surface area contributed by atoms with Crippen LogP contribution in [0, 0.1) is 0 Å². The van der Waals surface area contributed by atoms with Crippen molar-refractivity contribution in [1.82, 2.24) is 0 Å². The van der Waals surface area contributed by atoms with Gasteiger partial charge in [-0.05, 0) is 22.3 Å². The van der Waals surface area contributed by atoms with Crippen molar-refractivity contribution in [2.45, 2.75) is 34.6 Å². The molecule has 1 aliphatic carbocycles. The first kappa shape index (κ1) is 22.1. The summed E-state index contributed by atoms with van der Waals surface area (Å²) >= 11 is 4.27. The van der Waals surface area contributed by atoms with E-state index >= 15 is 0 Å². The summed E-state index contributed by atoms with van der Waals surface area (Å²) < 4.78 is 6.46. The molecule has 0 aromatic heterocycles. The largest absolute Gasteiger partial charge is 0.380 e. The average Bonchev–Trinajstić information content (AvgIpc) is 2.90. The molecule has 4 unspecified atom stereocenters. The van der Waals surface area contributed by atoms with Crippen LogP contribution < -0.4 is 0 Å². The summed E-state index contributed by atoms with van der Waals surface area (Å²) in [4.78, 5) is 0.240. The summed E-state index contributed by atoms with van der Waals surface area (Å²) in [5, 5.41) is 0. The van der Waals surface area contributed by atoms with Gasteiger partial charge in [0, 0.05) is 35.6 Å². The number of alkyl halides is 1. The second kappa shape index (κ2) is 10.1. The Balaban J connectivity index is 1.74. The molecule has 0 saturated heterocycles. The van der Waals surface area contributed by atoms with Crippen molar-refractivity contribution >= 4 is 15.9 Å². The van der Waals surface area contributed by atoms with E-state index in [0.717, 1.165) is 0 Å². The molecule has 4 atom stereocenters. The van der Waals surface area contributed by atoms with E-state index in [-0.39, 0.29) is 34.6 Å². The molecule has 0 radical (unpaired) electrons. The van der Waals surface area contributed by atoms with Crippen LogP contribution in [-0.2, 0) is 4.74 Å². The highest BCUT2D eigenvalue weighted by molar-refractivity contribution is 9.09. The molecule has 1 fully saturated rings. The maximum Gasteiger partial charge on any atom is 0.0720 e. The molecule has 1 aliphatic rings. The molecule has 0 bridgehead atoms. The van der Waals surface area contributed by atoms with E-state index in [1.807, 2.05) is 7.11 Å². The van der Waals surface area contributed by atoms with Crippen molar-refractivity contribution < 1.29 is 4.74 Å². The van der Waals surface area contributed by atoms with Crippen LogP contribution in [0.3, 0.4) is 0 Å². The molecule has 4 aromatic carbocycles. The van der Waals surface area contributed by atoms with Crippen LogP contribution in [-0.4, -0.2) is 18.0 Å². The van der Waals surface area contributed by atoms with Crippen molar-refractivity contribution in [3.63, 3.8) is 0 Å². The van der Waals surface area contributed by atoms with Crippen LogP contribution in [0.1, 0.15) is 45.9 Å². The first-order valence-corrected chi connectivity index (χ1v) is 12.6. The zero-order valence-corrected chi connectivity index (χ0v) is 20.4. The quantitative estimate of drug-likeness (QED) is 0.255. The monoisotopic (exact) mass is 496 g/mol. The number of ether oxygens (including phenoxy) is 1. The molecule has 0 spiro atoms. The Morgan fingerprint density at radius 3 is 1.00 bits per heavy atom. The maximum atomic E-state index is 6.46. The van der Waals surface area contributed by atoms with Gasteiger partial charge >= 0.3 is 0 Å². The molecule has 1 nitrogen and oxygen atoms in total. The molecular weight excluding hydrogens is 468 g/mol. The Hall–Kier alpha value is -2.68. The van der Waals surface area contributed by atoms with Crippen molar-refractivity contribution in [2.75, 3.05) is 7.11 Å². The van der Waals surface area contributed by atoms with Crippen LogP contribution >= 0.6 is 15.9 Å². The lowest BCUT2D eigenvalue weighted by Crippen LogP contribution is -2.46. The second-order valence-corrected chi connectivity index (χ2v) is 9.95. The molecule has 2 heteroatoms. The van der Waals surface area contributed by atoms with Crippen molar-refractivity contribution in [1.29, 1.82) is 0 Å². The molecule has 4 aromatic rings. The minimum atomic E-state index is 0.0269. The van der Waals surface area contributed by atoms with E-state index in [9.17, 15) is 0 Å². The van der Waals surface area contributed by atoms with Crippen molar-refractivity contribution in [2.24, 2.45) is 0 Å². The van der Waals surface area contributed by atoms with Crippen molar-refractivity contribution in [3.05, 3.63) is 144 Å². The van der Waals surface area contributed by atoms with Crippen LogP contribution in [0.15, 0.2) is 121 Å². The number of hydrogen-bond acceptors (Lipinski definition) is 1. The van der Waals surface area contributed by atoms with E-state index < -0.39 is 0 Å². The average molecular weight is 497 g/mol. The molecule has 1 saturated carbocycles. The van der Waals surface area contributed by atoms with Gasteiger partial charge in [-0.15, -0.1) is 0 Å². The third-order valence-corrected chi connectivity index (χ3v) is 8.32. The minimum absolute atomic E-state index is 0.0269. The third-order valence-electron chi connectivity index (χ3n) is 7.18. The molecule has 33 heavy (non-hydrogen) atoms. The first-order chi connectivity index (χ1) is 16.3. The predicted octanol–water partition coefficient (Wildman–Crippen LogP) is 7.91. The van der Waals surface area contributed by atoms with E-state index in [1.165, 1.54) is 22.3 Å². The molecule has 166 valence electrons. The summed E-state index contributed by atoms with van der Waals surface area (Å²) in [6.45, 7) is 0. The number of halogens is 1. The summed E-state index contributed by atoms with van der Waals surface area (Å²) in [6.07, 6.45) is 0.0269. The Bertz CT molecular complexity index is 1040. The fraction of sp³-hybridized carbons (Fsp3) is 0.226. The minimum Gasteiger partial charge on any atom is -0.380 e. The molecule has 0 aliphatic heterocycles. The van der Waals surface area contributed by atoms with Crippen LogP contribution in [0.2, 0.25) is 0 Å². The van der Waals surface area contributed by atoms with Gasteiger partial charge in [0.2, 0.25) is 0 Å². The molecule has 0 heterocycles. The summed E-state index contributed by atoms with van der Waals surface area (Å²) in [7, 11) is 1.88. The topological polar surface area (TPSA) is 9.23 Å². The lowest BCUT2D eigenvalue weighted by molar-refractivity contribution is 0.0195. The highest BCUT2D eigenvalue weighted by Gasteiger charge is 2.51. The van der Waals surface area contributed by atoms with Crippen LogP contribution in [0.5, 0.6) is 0 Å². The van der Waals surface area contributed by atoms with Gasteiger partial charge in [-0.25, -0.2) is 0 Å². The van der Waals surface area contributed by atoms with Crippen LogP contribution in [0.25, 0.3) is 0 Å². The third kappa shape index (κ3) is 4.30. The normalized spacial score (nSPS) is 27.2. The van der Waals surface area contributed by atoms with Crippen LogP contribution in [0.4, 0.5) is 0 Å². The van der Waals surface area contributed by atoms with Gasteiger partial charge in [0.25, 0.3) is 0 Å². The predicted molar refractivity (Wildman–Crippen MR) is 140 cm³/mol. The van der Waals surface area contributed by atoms with Gasteiger partial charge in [0.1, 0.15) is 0 Å². The lowest BCUT2D eigenvalue weighted by Gasteiger charge is -2.50. The van der Waals surface area contributed by atoms with E-state index in [4.69, 9.17) is 4.74 Å². The zero-order chi connectivity index (χ0) is 22.6. The Morgan fingerprint density at radius 2 is 0.727 bits per heavy atom. The smallest absolute Gasteiger partial charge is 0.0720 e. The zero-order valence-electron chi connectivity index (χ0n) is 18.8. The Kier molecular flexibility index (Phi) is 6.75. The number of methoxy groups -OCH3 is 1. The lowest BCUT2D eigenvalue weighted by atomic mass is 9.59. The number of hydrogen-bond donors (Lipinski definition) is 0. The van der Waals surface area contributed by atoms with E-state index in [1.54, 1.807) is 0 Å². The molecular formula is C31H29BrO. The fourth-order valence-electron chi connectivity index (χ4n) is 5.82. The molecule has 0 N–H and O–H groups in total. The summed E-state index contributed by atoms with van der Waals surface area (Å²) in [5.74, 6) is 0.966. The highest BCUT2D eigenvalue weighted by Crippen LogP contribution is 2.58. The van der Waals surface area contributed by atoms with Gasteiger partial charge in [-0.3, -0.25) is 0 Å². The maximum absolute atomic E-state index is 6.46. The SMILES string of the molecule is COC1C(c2ccccc2)C(c2ccccc2)C(Br)C(c2ccccc2)C1c1ccccc1. The highest BCUT2D eigenvalue weighted by atomic mass is 79.9. The Labute approximate surface area is 205 Å². The van der Waals surface area contributed by atoms with Crippen molar-refractivity contribution in [3.8, 4) is 0 Å². The van der Waals surface area contributed by atoms with Gasteiger partial charge in [0.15, 0.2) is 0 Å². The Morgan fingerprint density at radius 1 is 0.455 bits per heavy atom. The number of benzene rings is 4. The first-order valence-electron chi connectivity index (χ1n) is 11.7. The van der Waals surface area contributed by atoms with E-state index in [2.05, 4.69) is 137 Å². The molecule has 5 rings (SSSR count). The fourth-order valence-corrected chi connectivity index (χ4v) is 7.09. The van der Waals surface area contributed by atoms with Gasteiger partial charge < -0.3 is 4.74 Å². The summed E-state index contributed by atoms with van der Waals surface area (Å²) in [6, 6.07) is 43.7. The molecule has 0 amide bonds. The van der Waals surface area contributed by atoms with E-state index in [0.29, 0.717) is 0 Å². The second-order valence-electron chi connectivity index (χ2n) is 8.89. The van der Waals surface area contributed by atoms with Gasteiger partial charge in [-0.1, -0.05) is 137 Å². The standard InChI is InChI=1S/C31H29BrO/c1-33-31-28(24-18-10-4-11-19-24)26(22-14-6-2-7-15-22)30(32)27(23-16-8-3-9-17-23)29(31)25-20-12-5-13-21-25/h2-21,26-31H,1H3. The number of rotatable bonds is 5.